The van der Waals surface area contributed by atoms with Gasteiger partial charge in [-0.15, -0.1) is 0 Å². The van der Waals surface area contributed by atoms with Crippen LogP contribution in [-0.4, -0.2) is 33.9 Å². The van der Waals surface area contributed by atoms with Gasteiger partial charge in [0.05, 0.1) is 23.3 Å². The van der Waals surface area contributed by atoms with Gasteiger partial charge < -0.3 is 15.2 Å². The van der Waals surface area contributed by atoms with Crippen LogP contribution in [0.25, 0.3) is 10.9 Å². The van der Waals surface area contributed by atoms with Gasteiger partial charge in [-0.25, -0.2) is 17.2 Å². The van der Waals surface area contributed by atoms with E-state index in [0.717, 1.165) is 22.2 Å². The minimum Gasteiger partial charge on any atom is -0.511 e. The Bertz CT molecular complexity index is 1250. The van der Waals surface area contributed by atoms with Gasteiger partial charge in [-0.3, -0.25) is 0 Å². The Morgan fingerprint density at radius 2 is 1.91 bits per heavy atom. The van der Waals surface area contributed by atoms with E-state index >= 15 is 0 Å². The molecule has 2 aromatic rings. The van der Waals surface area contributed by atoms with Crippen LogP contribution in [0.15, 0.2) is 48.3 Å². The first-order chi connectivity index (χ1) is 15.1. The number of amides is 1. The molecular formula is C22H25F3N2O5S. The van der Waals surface area contributed by atoms with E-state index < -0.39 is 44.0 Å². The number of alkyl carbamates (subject to hydrolysis) is 1. The number of benzene rings is 1. The maximum Gasteiger partial charge on any atom is 0.416 e. The van der Waals surface area contributed by atoms with Gasteiger partial charge in [-0.05, 0) is 64.5 Å². The lowest BCUT2D eigenvalue weighted by Gasteiger charge is -2.31. The summed E-state index contributed by atoms with van der Waals surface area (Å²) in [5.41, 5.74) is -1.74. The van der Waals surface area contributed by atoms with E-state index in [1.54, 1.807) is 26.8 Å². The Kier molecular flexibility index (Phi) is 6.08. The Morgan fingerprint density at radius 3 is 2.48 bits per heavy atom. The van der Waals surface area contributed by atoms with Crippen LogP contribution in [0.2, 0.25) is 0 Å². The zero-order chi connectivity index (χ0) is 24.8. The van der Waals surface area contributed by atoms with E-state index in [0.29, 0.717) is 0 Å². The van der Waals surface area contributed by atoms with Gasteiger partial charge >= 0.3 is 12.3 Å². The van der Waals surface area contributed by atoms with Crippen LogP contribution in [0.4, 0.5) is 18.0 Å². The zero-order valence-electron chi connectivity index (χ0n) is 18.5. The second-order valence-electron chi connectivity index (χ2n) is 8.95. The van der Waals surface area contributed by atoms with E-state index in [-0.39, 0.29) is 29.6 Å². The minimum atomic E-state index is -4.62. The van der Waals surface area contributed by atoms with Gasteiger partial charge in [0, 0.05) is 5.39 Å². The first-order valence-corrected chi connectivity index (χ1v) is 11.5. The molecule has 0 radical (unpaired) electrons. The summed E-state index contributed by atoms with van der Waals surface area (Å²) in [6.45, 7) is 5.96. The van der Waals surface area contributed by atoms with Crippen molar-refractivity contribution < 1.29 is 36.2 Å². The average molecular weight is 487 g/mol. The Hall–Kier alpha value is -2.95. The van der Waals surface area contributed by atoms with Crippen LogP contribution in [0.1, 0.15) is 45.4 Å². The molecule has 0 bridgehead atoms. The molecule has 33 heavy (non-hydrogen) atoms. The molecule has 0 saturated heterocycles. The van der Waals surface area contributed by atoms with Crippen molar-refractivity contribution in [2.75, 3.05) is 0 Å². The predicted molar refractivity (Wildman–Crippen MR) is 117 cm³/mol. The highest BCUT2D eigenvalue weighted by atomic mass is 32.2. The molecule has 0 aliphatic heterocycles. The summed E-state index contributed by atoms with van der Waals surface area (Å²) in [5, 5.41) is 12.9. The van der Waals surface area contributed by atoms with Gasteiger partial charge in [0.1, 0.15) is 16.1 Å². The number of nitrogens with zero attached hydrogens (tertiary/aromatic N) is 1. The Labute approximate surface area is 189 Å². The molecule has 7 nitrogen and oxygen atoms in total. The van der Waals surface area contributed by atoms with Crippen molar-refractivity contribution in [3.63, 3.8) is 0 Å². The standard InChI is InChI=1S/C22H25F3N2O5S/c1-20(2,3)32-19(29)26-13-16-12-14-11-15(22(23,24)25)8-9-17(14)27(16)33(30,31)21(4)10-6-5-7-18(21)28/h5-9,11-12,28H,10,13H2,1-4H3,(H,26,29). The number of carbonyl (C=O) groups is 1. The maximum atomic E-state index is 13.7. The fourth-order valence-electron chi connectivity index (χ4n) is 3.48. The third kappa shape index (κ3) is 4.73. The Balaban J connectivity index is 2.15. The van der Waals surface area contributed by atoms with Crippen molar-refractivity contribution >= 4 is 27.0 Å². The van der Waals surface area contributed by atoms with Crippen LogP contribution >= 0.6 is 0 Å². The van der Waals surface area contributed by atoms with E-state index in [1.165, 1.54) is 25.1 Å². The quantitative estimate of drug-likeness (QED) is 0.632. The number of aromatic nitrogens is 1. The van der Waals surface area contributed by atoms with Crippen LogP contribution in [0.3, 0.4) is 0 Å². The fourth-order valence-corrected chi connectivity index (χ4v) is 5.37. The number of allylic oxidation sites excluding steroid dienone is 3. The lowest BCUT2D eigenvalue weighted by atomic mass is 10.00. The Morgan fingerprint density at radius 1 is 1.24 bits per heavy atom. The molecule has 1 amide bonds. The lowest BCUT2D eigenvalue weighted by Crippen LogP contribution is -2.43. The summed E-state index contributed by atoms with van der Waals surface area (Å²) >= 11 is 0. The molecule has 0 fully saturated rings. The largest absolute Gasteiger partial charge is 0.511 e. The molecule has 1 unspecified atom stereocenters. The van der Waals surface area contributed by atoms with E-state index in [9.17, 15) is 31.5 Å². The molecule has 2 N–H and O–H groups in total. The number of ether oxygens (including phenoxy) is 1. The van der Waals surface area contributed by atoms with Crippen molar-refractivity contribution in [1.82, 2.24) is 9.29 Å². The molecule has 0 spiro atoms. The van der Waals surface area contributed by atoms with E-state index in [1.807, 2.05) is 0 Å². The number of fused-ring (bicyclic) bond motifs is 1. The smallest absolute Gasteiger partial charge is 0.416 e. The SMILES string of the molecule is CC(C)(C)OC(=O)NCc1cc2cc(C(F)(F)F)ccc2n1S(=O)(=O)C1(C)CC=CC=C1O. The van der Waals surface area contributed by atoms with Crippen LogP contribution < -0.4 is 5.32 Å². The summed E-state index contributed by atoms with van der Waals surface area (Å²) in [5.74, 6) is -0.398. The van der Waals surface area contributed by atoms with Crippen molar-refractivity contribution in [2.45, 2.75) is 57.2 Å². The van der Waals surface area contributed by atoms with Crippen molar-refractivity contribution in [2.24, 2.45) is 0 Å². The third-order valence-electron chi connectivity index (χ3n) is 5.22. The maximum absolute atomic E-state index is 13.7. The molecule has 1 aliphatic rings. The number of alkyl halides is 3. The number of rotatable bonds is 4. The topological polar surface area (TPSA) is 97.6 Å². The van der Waals surface area contributed by atoms with Crippen molar-refractivity contribution in [1.29, 1.82) is 0 Å². The fraction of sp³-hybridized carbons (Fsp3) is 0.409. The molecule has 1 aliphatic carbocycles. The van der Waals surface area contributed by atoms with Gasteiger partial charge in [0.2, 0.25) is 0 Å². The van der Waals surface area contributed by atoms with Crippen LogP contribution in [0, 0.1) is 0 Å². The second-order valence-corrected chi connectivity index (χ2v) is 11.2. The number of aliphatic hydroxyl groups is 1. The number of nitrogens with one attached hydrogen (secondary N) is 1. The molecule has 0 saturated carbocycles. The molecule has 3 rings (SSSR count). The number of hydrogen-bond acceptors (Lipinski definition) is 5. The summed E-state index contributed by atoms with van der Waals surface area (Å²) < 4.78 is 71.4. The van der Waals surface area contributed by atoms with Gasteiger partial charge in [0.15, 0.2) is 0 Å². The molecule has 180 valence electrons. The number of aliphatic hydroxyl groups excluding tert-OH is 1. The monoisotopic (exact) mass is 486 g/mol. The second kappa shape index (κ2) is 8.12. The number of hydrogen-bond donors (Lipinski definition) is 2. The summed E-state index contributed by atoms with van der Waals surface area (Å²) in [6.07, 6.45) is -1.14. The van der Waals surface area contributed by atoms with E-state index in [2.05, 4.69) is 5.32 Å². The first kappa shape index (κ1) is 24.7. The summed E-state index contributed by atoms with van der Waals surface area (Å²) in [4.78, 5) is 12.1. The molecule has 1 heterocycles. The number of carbonyl (C=O) groups excluding carboxylic acids is 1. The highest BCUT2D eigenvalue weighted by Crippen LogP contribution is 2.38. The number of halogens is 3. The molecule has 1 aromatic heterocycles. The van der Waals surface area contributed by atoms with Crippen LogP contribution in [-0.2, 0) is 27.5 Å². The molecule has 1 aromatic carbocycles. The lowest BCUT2D eigenvalue weighted by molar-refractivity contribution is -0.137. The predicted octanol–water partition coefficient (Wildman–Crippen LogP) is 5.02. The molecular weight excluding hydrogens is 461 g/mol. The van der Waals surface area contributed by atoms with E-state index in [4.69, 9.17) is 4.74 Å². The van der Waals surface area contributed by atoms with Gasteiger partial charge in [-0.2, -0.15) is 13.2 Å². The highest BCUT2D eigenvalue weighted by molar-refractivity contribution is 7.91. The third-order valence-corrected chi connectivity index (χ3v) is 7.64. The minimum absolute atomic E-state index is 0.00688. The molecule has 11 heteroatoms. The van der Waals surface area contributed by atoms with Gasteiger partial charge in [0.25, 0.3) is 10.0 Å². The van der Waals surface area contributed by atoms with Crippen molar-refractivity contribution in [3.8, 4) is 0 Å². The van der Waals surface area contributed by atoms with Gasteiger partial charge in [-0.1, -0.05) is 12.2 Å². The summed E-state index contributed by atoms with van der Waals surface area (Å²) in [6, 6.07) is 3.97. The zero-order valence-corrected chi connectivity index (χ0v) is 19.3. The highest BCUT2D eigenvalue weighted by Gasteiger charge is 2.46. The first-order valence-electron chi connectivity index (χ1n) is 10.1. The van der Waals surface area contributed by atoms with Crippen molar-refractivity contribution in [3.05, 3.63) is 59.5 Å². The summed E-state index contributed by atoms with van der Waals surface area (Å²) in [7, 11) is -4.38. The van der Waals surface area contributed by atoms with Crippen LogP contribution in [0.5, 0.6) is 0 Å². The molecule has 1 atom stereocenters. The normalized spacial score (nSPS) is 19.4. The average Bonchev–Trinajstić information content (AvgIpc) is 3.05.